The Kier molecular flexibility index (Phi) is 6.01. The molecule has 1 N–H and O–H groups in total. The SMILES string of the molecule is COc1ccc(CNC(=O)N2CCC(Oc3cc(C)oc(=O)c3)CC2)cc1. The summed E-state index contributed by atoms with van der Waals surface area (Å²) in [6, 6.07) is 10.6. The highest BCUT2D eigenvalue weighted by Crippen LogP contribution is 2.19. The van der Waals surface area contributed by atoms with Gasteiger partial charge in [-0.1, -0.05) is 12.1 Å². The molecule has 27 heavy (non-hydrogen) atoms. The summed E-state index contributed by atoms with van der Waals surface area (Å²) in [5.74, 6) is 1.83. The number of hydrogen-bond acceptors (Lipinski definition) is 5. The van der Waals surface area contributed by atoms with Gasteiger partial charge in [0.25, 0.3) is 0 Å². The Morgan fingerprint density at radius 1 is 1.19 bits per heavy atom. The van der Waals surface area contributed by atoms with Crippen LogP contribution >= 0.6 is 0 Å². The lowest BCUT2D eigenvalue weighted by Crippen LogP contribution is -2.46. The van der Waals surface area contributed by atoms with E-state index in [2.05, 4.69) is 5.32 Å². The smallest absolute Gasteiger partial charge is 0.339 e. The van der Waals surface area contributed by atoms with Crippen LogP contribution in [0.15, 0.2) is 45.6 Å². The van der Waals surface area contributed by atoms with Gasteiger partial charge in [0.15, 0.2) is 0 Å². The molecule has 0 bridgehead atoms. The number of urea groups is 1. The molecule has 7 heteroatoms. The second kappa shape index (κ2) is 8.62. The number of nitrogens with zero attached hydrogens (tertiary/aromatic N) is 1. The van der Waals surface area contributed by atoms with E-state index in [1.165, 1.54) is 6.07 Å². The first-order valence-corrected chi connectivity index (χ1v) is 8.97. The number of carbonyl (C=O) groups is 1. The third-order valence-corrected chi connectivity index (χ3v) is 4.50. The van der Waals surface area contributed by atoms with E-state index in [0.29, 0.717) is 31.1 Å². The van der Waals surface area contributed by atoms with Crippen molar-refractivity contribution in [2.24, 2.45) is 0 Å². The summed E-state index contributed by atoms with van der Waals surface area (Å²) in [6.07, 6.45) is 1.42. The maximum atomic E-state index is 12.3. The summed E-state index contributed by atoms with van der Waals surface area (Å²) in [6.45, 7) is 3.40. The van der Waals surface area contributed by atoms with Crippen LogP contribution in [0.2, 0.25) is 0 Å². The van der Waals surface area contributed by atoms with Crippen molar-refractivity contribution in [1.82, 2.24) is 10.2 Å². The number of likely N-dealkylation sites (tertiary alicyclic amines) is 1. The standard InChI is InChI=1S/C20H24N2O5/c1-14-11-18(12-19(23)26-14)27-17-7-9-22(10-8-17)20(24)21-13-15-3-5-16(25-2)6-4-15/h3-6,11-12,17H,7-10,13H2,1-2H3,(H,21,24). The first-order valence-electron chi connectivity index (χ1n) is 8.97. The van der Waals surface area contributed by atoms with Gasteiger partial charge in [0, 0.05) is 38.5 Å². The lowest BCUT2D eigenvalue weighted by Gasteiger charge is -2.32. The average Bonchev–Trinajstić information content (AvgIpc) is 2.66. The lowest BCUT2D eigenvalue weighted by molar-refractivity contribution is 0.110. The second-order valence-electron chi connectivity index (χ2n) is 6.53. The largest absolute Gasteiger partial charge is 0.497 e. The molecule has 0 aliphatic carbocycles. The summed E-state index contributed by atoms with van der Waals surface area (Å²) in [5, 5.41) is 2.94. The molecule has 0 atom stereocenters. The van der Waals surface area contributed by atoms with Gasteiger partial charge in [-0.25, -0.2) is 9.59 Å². The van der Waals surface area contributed by atoms with Gasteiger partial charge in [0.1, 0.15) is 23.4 Å². The molecule has 2 aromatic rings. The zero-order chi connectivity index (χ0) is 19.2. The van der Waals surface area contributed by atoms with E-state index in [4.69, 9.17) is 13.9 Å². The first-order chi connectivity index (χ1) is 13.0. The van der Waals surface area contributed by atoms with Crippen LogP contribution in [0.3, 0.4) is 0 Å². The average molecular weight is 372 g/mol. The van der Waals surface area contributed by atoms with Crippen LogP contribution in [0.4, 0.5) is 4.79 Å². The molecule has 1 saturated heterocycles. The van der Waals surface area contributed by atoms with Crippen LogP contribution < -0.4 is 20.4 Å². The third-order valence-electron chi connectivity index (χ3n) is 4.50. The second-order valence-corrected chi connectivity index (χ2v) is 6.53. The van der Waals surface area contributed by atoms with Crippen LogP contribution in [0.25, 0.3) is 0 Å². The highest BCUT2D eigenvalue weighted by molar-refractivity contribution is 5.74. The predicted molar refractivity (Wildman–Crippen MR) is 100 cm³/mol. The van der Waals surface area contributed by atoms with Crippen LogP contribution in [-0.4, -0.2) is 37.2 Å². The van der Waals surface area contributed by atoms with Crippen molar-refractivity contribution >= 4 is 6.03 Å². The molecule has 1 aromatic carbocycles. The normalized spacial score (nSPS) is 14.7. The van der Waals surface area contributed by atoms with Crippen molar-refractivity contribution < 1.29 is 18.7 Å². The van der Waals surface area contributed by atoms with Gasteiger partial charge in [-0.15, -0.1) is 0 Å². The molecule has 1 aliphatic heterocycles. The van der Waals surface area contributed by atoms with E-state index in [1.54, 1.807) is 25.0 Å². The zero-order valence-electron chi connectivity index (χ0n) is 15.6. The third kappa shape index (κ3) is 5.26. The highest BCUT2D eigenvalue weighted by atomic mass is 16.5. The van der Waals surface area contributed by atoms with E-state index in [9.17, 15) is 9.59 Å². The minimum atomic E-state index is -0.416. The van der Waals surface area contributed by atoms with Gasteiger partial charge in [0.05, 0.1) is 13.2 Å². The van der Waals surface area contributed by atoms with Crippen LogP contribution in [0.1, 0.15) is 24.2 Å². The number of amides is 2. The fourth-order valence-electron chi connectivity index (χ4n) is 3.05. The molecule has 2 heterocycles. The molecular formula is C20H24N2O5. The predicted octanol–water partition coefficient (Wildman–Crippen LogP) is 2.71. The lowest BCUT2D eigenvalue weighted by atomic mass is 10.1. The van der Waals surface area contributed by atoms with E-state index in [0.717, 1.165) is 24.2 Å². The molecule has 0 saturated carbocycles. The van der Waals surface area contributed by atoms with Gasteiger partial charge in [-0.3, -0.25) is 0 Å². The molecule has 1 fully saturated rings. The summed E-state index contributed by atoms with van der Waals surface area (Å²) < 4.78 is 15.9. The molecule has 144 valence electrons. The van der Waals surface area contributed by atoms with E-state index >= 15 is 0 Å². The summed E-state index contributed by atoms with van der Waals surface area (Å²) >= 11 is 0. The van der Waals surface area contributed by atoms with Crippen molar-refractivity contribution in [2.75, 3.05) is 20.2 Å². The number of nitrogens with one attached hydrogen (secondary N) is 1. The van der Waals surface area contributed by atoms with Crippen LogP contribution in [0.5, 0.6) is 11.5 Å². The molecule has 2 amide bonds. The van der Waals surface area contributed by atoms with Crippen LogP contribution in [0, 0.1) is 6.92 Å². The zero-order valence-corrected chi connectivity index (χ0v) is 15.6. The summed E-state index contributed by atoms with van der Waals surface area (Å²) in [4.78, 5) is 25.5. The number of hydrogen-bond donors (Lipinski definition) is 1. The molecule has 3 rings (SSSR count). The quantitative estimate of drug-likeness (QED) is 0.873. The van der Waals surface area contributed by atoms with Crippen molar-refractivity contribution in [2.45, 2.75) is 32.4 Å². The topological polar surface area (TPSA) is 81.0 Å². The van der Waals surface area contributed by atoms with Gasteiger partial charge in [-0.2, -0.15) is 0 Å². The number of ether oxygens (including phenoxy) is 2. The molecule has 7 nitrogen and oxygen atoms in total. The molecule has 0 spiro atoms. The van der Waals surface area contributed by atoms with E-state index in [-0.39, 0.29) is 12.1 Å². The number of carbonyl (C=O) groups excluding carboxylic acids is 1. The highest BCUT2D eigenvalue weighted by Gasteiger charge is 2.24. The van der Waals surface area contributed by atoms with Gasteiger partial charge in [0.2, 0.25) is 0 Å². The van der Waals surface area contributed by atoms with Crippen molar-refractivity contribution in [3.8, 4) is 11.5 Å². The fraction of sp³-hybridized carbons (Fsp3) is 0.400. The maximum absolute atomic E-state index is 12.3. The molecule has 0 radical (unpaired) electrons. The number of methoxy groups -OCH3 is 1. The Labute approximate surface area is 157 Å². The van der Waals surface area contributed by atoms with Crippen LogP contribution in [-0.2, 0) is 6.54 Å². The van der Waals surface area contributed by atoms with Crippen molar-refractivity contribution in [3.63, 3.8) is 0 Å². The van der Waals surface area contributed by atoms with Gasteiger partial charge in [-0.05, 0) is 24.6 Å². The fourth-order valence-corrected chi connectivity index (χ4v) is 3.05. The number of aryl methyl sites for hydroxylation is 1. The Bertz CT molecular complexity index is 823. The molecule has 1 aromatic heterocycles. The molecule has 1 aliphatic rings. The van der Waals surface area contributed by atoms with E-state index in [1.807, 2.05) is 24.3 Å². The number of piperidine rings is 1. The molecule has 0 unspecified atom stereocenters. The maximum Gasteiger partial charge on any atom is 0.339 e. The summed E-state index contributed by atoms with van der Waals surface area (Å²) in [7, 11) is 1.62. The van der Waals surface area contributed by atoms with E-state index < -0.39 is 5.63 Å². The summed E-state index contributed by atoms with van der Waals surface area (Å²) in [5.41, 5.74) is 0.598. The first kappa shape index (κ1) is 18.8. The van der Waals surface area contributed by atoms with Crippen molar-refractivity contribution in [3.05, 3.63) is 58.1 Å². The number of rotatable bonds is 5. The minimum Gasteiger partial charge on any atom is -0.497 e. The van der Waals surface area contributed by atoms with Gasteiger partial charge >= 0.3 is 11.7 Å². The number of benzene rings is 1. The Morgan fingerprint density at radius 2 is 1.89 bits per heavy atom. The van der Waals surface area contributed by atoms with Gasteiger partial charge < -0.3 is 24.1 Å². The Morgan fingerprint density at radius 3 is 2.52 bits per heavy atom. The minimum absolute atomic E-state index is 0.0168. The Balaban J connectivity index is 1.45. The monoisotopic (exact) mass is 372 g/mol. The van der Waals surface area contributed by atoms with Crippen molar-refractivity contribution in [1.29, 1.82) is 0 Å². The Hall–Kier alpha value is -2.96. The molecular weight excluding hydrogens is 348 g/mol.